The van der Waals surface area contributed by atoms with Crippen LogP contribution < -0.4 is 0 Å². The monoisotopic (exact) mass is 850 g/mol. The van der Waals surface area contributed by atoms with Crippen molar-refractivity contribution in [2.75, 3.05) is 13.3 Å². The number of azide groups is 1. The Kier molecular flexibility index (Phi) is 25.0. The summed E-state index contributed by atoms with van der Waals surface area (Å²) in [5, 5.41) is 15.6. The molecule has 13 heteroatoms. The van der Waals surface area contributed by atoms with Gasteiger partial charge in [-0.2, -0.15) is 0 Å². The van der Waals surface area contributed by atoms with E-state index in [1.165, 1.54) is 70.6 Å². The number of unbranched alkanes of at least 4 members (excludes halogenated alkanes) is 11. The zero-order chi connectivity index (χ0) is 43.5. The Labute approximate surface area is 362 Å². The van der Waals surface area contributed by atoms with Gasteiger partial charge in [0.2, 0.25) is 0 Å². The smallest absolute Gasteiger partial charge is 0.184 e. The molecule has 0 aromatic carbocycles. The topological polar surface area (TPSA) is 134 Å². The third-order valence-corrected chi connectivity index (χ3v) is 14.1. The van der Waals surface area contributed by atoms with Gasteiger partial charge < -0.3 is 38.1 Å². The number of aliphatic hydroxyl groups is 1. The summed E-state index contributed by atoms with van der Waals surface area (Å²) in [6, 6.07) is -0.422. The first-order valence-corrected chi connectivity index (χ1v) is 25.5. The number of allylic oxidation sites excluding steroid dienone is 1. The van der Waals surface area contributed by atoms with E-state index in [2.05, 4.69) is 77.6 Å². The summed E-state index contributed by atoms with van der Waals surface area (Å²) < 4.78 is 45.9. The molecule has 3 saturated heterocycles. The lowest BCUT2D eigenvalue weighted by Crippen LogP contribution is -2.59. The van der Waals surface area contributed by atoms with Gasteiger partial charge in [0.25, 0.3) is 0 Å². The van der Waals surface area contributed by atoms with Crippen molar-refractivity contribution < 1.29 is 38.1 Å². The second-order valence-corrected chi connectivity index (χ2v) is 19.5. The van der Waals surface area contributed by atoms with Crippen molar-refractivity contribution in [3.05, 3.63) is 22.6 Å². The van der Waals surface area contributed by atoms with Gasteiger partial charge in [0.15, 0.2) is 18.9 Å². The van der Waals surface area contributed by atoms with Crippen molar-refractivity contribution in [3.63, 3.8) is 0 Å². The highest BCUT2D eigenvalue weighted by atomic mass is 31.1. The Balaban J connectivity index is 1.52. The second kappa shape index (κ2) is 28.1. The lowest BCUT2D eigenvalue weighted by atomic mass is 9.82. The summed E-state index contributed by atoms with van der Waals surface area (Å²) in [4.78, 5) is 3.12. The number of ether oxygens (including phenoxy) is 6. The molecule has 0 aliphatic carbocycles. The Hall–Kier alpha value is -0.775. The Bertz CT molecular complexity index is 1210. The maximum Gasteiger partial charge on any atom is 0.184 e. The molecule has 59 heavy (non-hydrogen) atoms. The molecule has 7 unspecified atom stereocenters. The lowest BCUT2D eigenvalue weighted by molar-refractivity contribution is -0.353. The molecule has 0 amide bonds. The minimum atomic E-state index is -1.02. The van der Waals surface area contributed by atoms with Crippen molar-refractivity contribution in [2.24, 2.45) is 40.6 Å². The summed E-state index contributed by atoms with van der Waals surface area (Å²) in [6.07, 6.45) is 18.2. The van der Waals surface area contributed by atoms with Crippen LogP contribution in [0.3, 0.4) is 0 Å². The summed E-state index contributed by atoms with van der Waals surface area (Å²) in [6.45, 7) is 23.3. The molecule has 3 fully saturated rings. The lowest BCUT2D eigenvalue weighted by Gasteiger charge is -2.51. The third-order valence-electron chi connectivity index (χ3n) is 13.6. The summed E-state index contributed by atoms with van der Waals surface area (Å²) in [5.41, 5.74) is 9.37. The minimum absolute atomic E-state index is 0.00297. The van der Waals surface area contributed by atoms with Crippen molar-refractivity contribution in [2.45, 2.75) is 233 Å². The maximum atomic E-state index is 11.5. The highest BCUT2D eigenvalue weighted by Crippen LogP contribution is 2.44. The van der Waals surface area contributed by atoms with Crippen LogP contribution >= 0.6 is 8.03 Å². The van der Waals surface area contributed by atoms with E-state index in [0.29, 0.717) is 6.42 Å². The first kappa shape index (κ1) is 52.6. The van der Waals surface area contributed by atoms with Gasteiger partial charge in [0.05, 0.1) is 49.3 Å². The molecule has 340 valence electrons. The fraction of sp³-hybridized carbons (Fsp3) is 0.957. The van der Waals surface area contributed by atoms with Crippen LogP contribution in [0.1, 0.15) is 166 Å². The van der Waals surface area contributed by atoms with E-state index < -0.39 is 45.1 Å². The number of rotatable bonds is 27. The molecule has 3 aliphatic heterocycles. The van der Waals surface area contributed by atoms with Crippen LogP contribution in [0.25, 0.3) is 10.4 Å². The van der Waals surface area contributed by atoms with Gasteiger partial charge >= 0.3 is 0 Å². The standard InChI is InChI=1S/C46H85BN3O8P/c1-12-16-17-18-19-20-21-22-23-24-25-26-27-28-30(5)36(49-50-48)29-52-46-40(51)34(9)43(39(15-4)55-46)57-44-32(7)31(6)42(38(14-3)54-44)56-45-35(10)41(58-59(11)47)33(8)37(13-2)53-45/h27-28,30-46,51H,12-26,29H2,1-11H3/t30-,31-,32?,33+,34-,35?,36+,37?,38?,39?,40?,41+,42-,43+,44+,45+,46-,59?/m1/s1. The van der Waals surface area contributed by atoms with Crippen LogP contribution in [0.2, 0.25) is 0 Å². The van der Waals surface area contributed by atoms with Gasteiger partial charge in [0.1, 0.15) is 13.7 Å². The Morgan fingerprint density at radius 1 is 0.695 bits per heavy atom. The van der Waals surface area contributed by atoms with Crippen LogP contribution in [0, 0.1) is 35.5 Å². The highest BCUT2D eigenvalue weighted by Gasteiger charge is 2.50. The molecule has 18 atom stereocenters. The molecule has 0 spiro atoms. The molecular formula is C46H85BN3O8P. The molecule has 3 heterocycles. The third kappa shape index (κ3) is 16.1. The van der Waals surface area contributed by atoms with Crippen molar-refractivity contribution in [1.82, 2.24) is 0 Å². The van der Waals surface area contributed by atoms with Crippen molar-refractivity contribution in [3.8, 4) is 0 Å². The minimum Gasteiger partial charge on any atom is -0.387 e. The first-order chi connectivity index (χ1) is 28.3. The molecule has 0 aromatic heterocycles. The molecule has 0 aromatic rings. The molecule has 11 nitrogen and oxygen atoms in total. The average molecular weight is 850 g/mol. The van der Waals surface area contributed by atoms with Gasteiger partial charge in [0, 0.05) is 28.6 Å². The Morgan fingerprint density at radius 3 is 1.75 bits per heavy atom. The zero-order valence-corrected chi connectivity index (χ0v) is 39.8. The van der Waals surface area contributed by atoms with Gasteiger partial charge in [-0.15, -0.1) is 0 Å². The predicted octanol–water partition coefficient (Wildman–Crippen LogP) is 11.8. The van der Waals surface area contributed by atoms with Gasteiger partial charge in [-0.05, 0) is 64.2 Å². The number of hydrogen-bond donors (Lipinski definition) is 1. The fourth-order valence-electron chi connectivity index (χ4n) is 9.24. The number of hydrogen-bond acceptors (Lipinski definition) is 9. The molecule has 1 N–H and O–H groups in total. The van der Waals surface area contributed by atoms with Crippen LogP contribution in [0.15, 0.2) is 17.3 Å². The zero-order valence-electron chi connectivity index (χ0n) is 39.0. The van der Waals surface area contributed by atoms with E-state index in [0.717, 1.165) is 19.3 Å². The van der Waals surface area contributed by atoms with Crippen molar-refractivity contribution >= 4 is 15.6 Å². The number of nitrogens with zero attached hydrogens (tertiary/aromatic N) is 3. The molecule has 2 radical (unpaired) electrons. The van der Waals surface area contributed by atoms with E-state index in [1.807, 2.05) is 20.5 Å². The quantitative estimate of drug-likeness (QED) is 0.0164. The van der Waals surface area contributed by atoms with Gasteiger partial charge in [-0.1, -0.05) is 151 Å². The fourth-order valence-corrected chi connectivity index (χ4v) is 10.0. The van der Waals surface area contributed by atoms with Gasteiger partial charge in [-0.3, -0.25) is 0 Å². The number of aliphatic hydroxyl groups excluding tert-OH is 1. The van der Waals surface area contributed by atoms with Crippen LogP contribution in [-0.2, 0) is 32.9 Å². The highest BCUT2D eigenvalue weighted by molar-refractivity contribution is 7.77. The normalized spacial score (nSPS) is 36.9. The van der Waals surface area contributed by atoms with Crippen LogP contribution in [-0.4, -0.2) is 93.6 Å². The van der Waals surface area contributed by atoms with Crippen molar-refractivity contribution in [1.29, 1.82) is 0 Å². The average Bonchev–Trinajstić information content (AvgIpc) is 3.22. The van der Waals surface area contributed by atoms with Crippen LogP contribution in [0.4, 0.5) is 0 Å². The van der Waals surface area contributed by atoms with E-state index >= 15 is 0 Å². The van der Waals surface area contributed by atoms with Gasteiger partial charge in [-0.25, -0.2) is 0 Å². The molecule has 3 aliphatic rings. The molecule has 0 bridgehead atoms. The van der Waals surface area contributed by atoms with E-state index in [1.54, 1.807) is 0 Å². The largest absolute Gasteiger partial charge is 0.387 e. The van der Waals surface area contributed by atoms with E-state index in [4.69, 9.17) is 40.5 Å². The molecule has 0 saturated carbocycles. The SMILES string of the molecule is [B]P(C)O[C@@H]1C(C)[C@H](O[C@H]2C(CC)O[C@@H](O[C@@H]3C(CC)O[C@@H](OC[C@H](N=[N+]=[N-])[C@H](C)C=CCCCCCCCCCCCCC)C(O)[C@H]3C)C(C)[C@H]2C)OC(CC)[C@@H]1C. The summed E-state index contributed by atoms with van der Waals surface area (Å²) in [5.74, 6) is -0.0140. The molecular weight excluding hydrogens is 764 g/mol. The summed E-state index contributed by atoms with van der Waals surface area (Å²) >= 11 is 0. The van der Waals surface area contributed by atoms with E-state index in [-0.39, 0.29) is 72.6 Å². The molecule has 3 rings (SSSR count). The first-order valence-electron chi connectivity index (χ1n) is 23.8. The summed E-state index contributed by atoms with van der Waals surface area (Å²) in [7, 11) is 5.14. The second-order valence-electron chi connectivity index (χ2n) is 18.2. The predicted molar refractivity (Wildman–Crippen MR) is 240 cm³/mol. The maximum absolute atomic E-state index is 11.5. The van der Waals surface area contributed by atoms with E-state index in [9.17, 15) is 10.6 Å². The Morgan fingerprint density at radius 2 is 1.20 bits per heavy atom. The van der Waals surface area contributed by atoms with Crippen LogP contribution in [0.5, 0.6) is 0 Å².